The van der Waals surface area contributed by atoms with Gasteiger partial charge in [-0.05, 0) is 25.8 Å². The van der Waals surface area contributed by atoms with Crippen molar-refractivity contribution in [2.45, 2.75) is 25.4 Å². The number of likely N-dealkylation sites (tertiary alicyclic amines) is 1. The third-order valence-corrected chi connectivity index (χ3v) is 3.36. The average Bonchev–Trinajstić information content (AvgIpc) is 2.36. The Bertz CT molecular complexity index is 559. The Morgan fingerprint density at radius 3 is 2.80 bits per heavy atom. The molecule has 2 rings (SSSR count). The van der Waals surface area contributed by atoms with Gasteiger partial charge in [0.05, 0.1) is 22.2 Å². The lowest BCUT2D eigenvalue weighted by Gasteiger charge is -2.36. The number of nitro benzene ring substituents is 1. The van der Waals surface area contributed by atoms with Gasteiger partial charge in [-0.2, -0.15) is 0 Å². The lowest BCUT2D eigenvalue weighted by Crippen LogP contribution is -2.48. The summed E-state index contributed by atoms with van der Waals surface area (Å²) in [6, 6.07) is 2.94. The number of amides is 1. The van der Waals surface area contributed by atoms with Crippen LogP contribution in [0.3, 0.4) is 0 Å². The van der Waals surface area contributed by atoms with Crippen molar-refractivity contribution in [1.82, 2.24) is 4.90 Å². The topological polar surface area (TPSA) is 83.7 Å². The first-order valence-corrected chi connectivity index (χ1v) is 6.26. The van der Waals surface area contributed by atoms with Gasteiger partial charge in [-0.1, -0.05) is 0 Å². The summed E-state index contributed by atoms with van der Waals surface area (Å²) in [5.41, 5.74) is -1.59. The molecule has 7 heteroatoms. The number of non-ortho nitro benzene ring substituents is 1. The molecule has 0 bridgehead atoms. The van der Waals surface area contributed by atoms with Crippen molar-refractivity contribution in [2.24, 2.45) is 0 Å². The number of benzene rings is 1. The highest BCUT2D eigenvalue weighted by Gasteiger charge is 2.32. The molecule has 0 radical (unpaired) electrons. The monoisotopic (exact) mass is 282 g/mol. The Kier molecular flexibility index (Phi) is 3.71. The second-order valence-electron chi connectivity index (χ2n) is 5.25. The molecule has 1 saturated heterocycles. The number of hydrogen-bond acceptors (Lipinski definition) is 4. The summed E-state index contributed by atoms with van der Waals surface area (Å²) >= 11 is 0. The maximum atomic E-state index is 13.8. The van der Waals surface area contributed by atoms with E-state index in [2.05, 4.69) is 0 Å². The van der Waals surface area contributed by atoms with E-state index in [4.69, 9.17) is 0 Å². The Balaban J connectivity index is 2.23. The molecule has 1 aromatic rings. The summed E-state index contributed by atoms with van der Waals surface area (Å²) in [7, 11) is 0. The quantitative estimate of drug-likeness (QED) is 0.661. The van der Waals surface area contributed by atoms with Gasteiger partial charge in [0.15, 0.2) is 0 Å². The molecule has 1 unspecified atom stereocenters. The van der Waals surface area contributed by atoms with Gasteiger partial charge in [0, 0.05) is 19.2 Å². The second-order valence-corrected chi connectivity index (χ2v) is 5.25. The van der Waals surface area contributed by atoms with Crippen molar-refractivity contribution >= 4 is 11.6 Å². The molecule has 1 amide bonds. The third kappa shape index (κ3) is 2.93. The molecule has 1 N–H and O–H groups in total. The minimum absolute atomic E-state index is 0.127. The van der Waals surface area contributed by atoms with Crippen LogP contribution in [-0.4, -0.2) is 39.5 Å². The van der Waals surface area contributed by atoms with Crippen molar-refractivity contribution in [3.8, 4) is 0 Å². The van der Waals surface area contributed by atoms with Crippen molar-refractivity contribution in [1.29, 1.82) is 0 Å². The minimum atomic E-state index is -0.981. The van der Waals surface area contributed by atoms with Crippen molar-refractivity contribution in [3.05, 3.63) is 39.7 Å². The SMILES string of the molecule is CC1(O)CCCN(C(=O)c2ccc([N+](=O)[O-])cc2F)C1. The highest BCUT2D eigenvalue weighted by atomic mass is 19.1. The first kappa shape index (κ1) is 14.4. The van der Waals surface area contributed by atoms with Crippen LogP contribution in [0, 0.1) is 15.9 Å². The Labute approximate surface area is 115 Å². The summed E-state index contributed by atoms with van der Waals surface area (Å²) in [5, 5.41) is 20.5. The minimum Gasteiger partial charge on any atom is -0.388 e. The predicted molar refractivity (Wildman–Crippen MR) is 68.8 cm³/mol. The number of nitro groups is 1. The van der Waals surface area contributed by atoms with Crippen molar-refractivity contribution < 1.29 is 19.2 Å². The molecule has 0 saturated carbocycles. The van der Waals surface area contributed by atoms with Crippen LogP contribution in [-0.2, 0) is 0 Å². The van der Waals surface area contributed by atoms with E-state index in [1.54, 1.807) is 6.92 Å². The number of hydrogen-bond donors (Lipinski definition) is 1. The smallest absolute Gasteiger partial charge is 0.272 e. The maximum absolute atomic E-state index is 13.8. The van der Waals surface area contributed by atoms with Crippen LogP contribution in [0.2, 0.25) is 0 Å². The maximum Gasteiger partial charge on any atom is 0.272 e. The zero-order valence-electron chi connectivity index (χ0n) is 11.0. The number of β-amino-alcohol motifs (C(OH)–C–C–N with tert-alkyl or cyclic N) is 1. The highest BCUT2D eigenvalue weighted by Crippen LogP contribution is 2.24. The summed E-state index contributed by atoms with van der Waals surface area (Å²) < 4.78 is 13.8. The molecule has 1 aromatic carbocycles. The summed E-state index contributed by atoms with van der Waals surface area (Å²) in [6.07, 6.45) is 1.22. The molecule has 0 spiro atoms. The number of halogens is 1. The molecule has 1 aliphatic rings. The number of carbonyl (C=O) groups excluding carboxylic acids is 1. The number of rotatable bonds is 2. The first-order chi connectivity index (χ1) is 9.30. The number of aliphatic hydroxyl groups is 1. The molecule has 1 heterocycles. The first-order valence-electron chi connectivity index (χ1n) is 6.26. The molecule has 1 atom stereocenters. The van der Waals surface area contributed by atoms with E-state index < -0.39 is 27.9 Å². The van der Waals surface area contributed by atoms with Gasteiger partial charge < -0.3 is 10.0 Å². The van der Waals surface area contributed by atoms with E-state index in [-0.39, 0.29) is 12.1 Å². The highest BCUT2D eigenvalue weighted by molar-refractivity contribution is 5.94. The Morgan fingerprint density at radius 2 is 2.25 bits per heavy atom. The zero-order chi connectivity index (χ0) is 14.9. The van der Waals surface area contributed by atoms with Gasteiger partial charge in [-0.3, -0.25) is 14.9 Å². The molecule has 0 aliphatic carbocycles. The Morgan fingerprint density at radius 1 is 1.55 bits per heavy atom. The molecule has 20 heavy (non-hydrogen) atoms. The summed E-state index contributed by atoms with van der Waals surface area (Å²) in [4.78, 5) is 23.4. The molecule has 108 valence electrons. The normalized spacial score (nSPS) is 22.6. The van der Waals surface area contributed by atoms with Crippen molar-refractivity contribution in [2.75, 3.05) is 13.1 Å². The van der Waals surface area contributed by atoms with Gasteiger partial charge in [0.25, 0.3) is 11.6 Å². The second kappa shape index (κ2) is 5.16. The van der Waals surface area contributed by atoms with Crippen LogP contribution in [0.4, 0.5) is 10.1 Å². The Hall–Kier alpha value is -2.02. The van der Waals surface area contributed by atoms with Crippen LogP contribution in [0.25, 0.3) is 0 Å². The molecule has 1 fully saturated rings. The van der Waals surface area contributed by atoms with Gasteiger partial charge >= 0.3 is 0 Å². The van der Waals surface area contributed by atoms with Crippen LogP contribution >= 0.6 is 0 Å². The molecular formula is C13H15FN2O4. The molecule has 1 aliphatic heterocycles. The zero-order valence-corrected chi connectivity index (χ0v) is 11.0. The standard InChI is InChI=1S/C13H15FN2O4/c1-13(18)5-2-6-15(8-13)12(17)10-4-3-9(16(19)20)7-11(10)14/h3-4,7,18H,2,5-6,8H2,1H3. The lowest BCUT2D eigenvalue weighted by molar-refractivity contribution is -0.385. The van der Waals surface area contributed by atoms with Crippen LogP contribution in [0.5, 0.6) is 0 Å². The van der Waals surface area contributed by atoms with E-state index >= 15 is 0 Å². The summed E-state index contributed by atoms with van der Waals surface area (Å²) in [5.74, 6) is -1.48. The van der Waals surface area contributed by atoms with Gasteiger partial charge in [0.2, 0.25) is 0 Å². The van der Waals surface area contributed by atoms with E-state index in [1.165, 1.54) is 4.90 Å². The number of nitrogens with zero attached hydrogens (tertiary/aromatic N) is 2. The third-order valence-electron chi connectivity index (χ3n) is 3.36. The largest absolute Gasteiger partial charge is 0.388 e. The van der Waals surface area contributed by atoms with Gasteiger partial charge in [-0.25, -0.2) is 4.39 Å². The van der Waals surface area contributed by atoms with Crippen LogP contribution in [0.15, 0.2) is 18.2 Å². The lowest BCUT2D eigenvalue weighted by atomic mass is 9.94. The number of carbonyl (C=O) groups is 1. The van der Waals surface area contributed by atoms with E-state index in [0.717, 1.165) is 18.2 Å². The predicted octanol–water partition coefficient (Wildman–Crippen LogP) is 1.72. The van der Waals surface area contributed by atoms with Crippen molar-refractivity contribution in [3.63, 3.8) is 0 Å². The fourth-order valence-electron chi connectivity index (χ4n) is 2.35. The fourth-order valence-corrected chi connectivity index (χ4v) is 2.35. The molecule has 0 aromatic heterocycles. The fraction of sp³-hybridized carbons (Fsp3) is 0.462. The average molecular weight is 282 g/mol. The van der Waals surface area contributed by atoms with Crippen LogP contribution < -0.4 is 0 Å². The molecular weight excluding hydrogens is 267 g/mol. The number of piperidine rings is 1. The van der Waals surface area contributed by atoms with Gasteiger partial charge in [-0.15, -0.1) is 0 Å². The summed E-state index contributed by atoms with van der Waals surface area (Å²) in [6.45, 7) is 2.19. The van der Waals surface area contributed by atoms with Gasteiger partial charge in [0.1, 0.15) is 5.82 Å². The van der Waals surface area contributed by atoms with E-state index in [0.29, 0.717) is 19.4 Å². The van der Waals surface area contributed by atoms with E-state index in [1.807, 2.05) is 0 Å². The van der Waals surface area contributed by atoms with Crippen LogP contribution in [0.1, 0.15) is 30.1 Å². The molecule has 6 nitrogen and oxygen atoms in total. The van der Waals surface area contributed by atoms with E-state index in [9.17, 15) is 24.4 Å².